The third-order valence-electron chi connectivity index (χ3n) is 17.0. The van der Waals surface area contributed by atoms with E-state index < -0.39 is 10.8 Å². The lowest BCUT2D eigenvalue weighted by atomic mass is 9.67. The van der Waals surface area contributed by atoms with Crippen molar-refractivity contribution in [2.24, 2.45) is 0 Å². The van der Waals surface area contributed by atoms with Gasteiger partial charge in [-0.1, -0.05) is 249 Å². The molecule has 0 atom stereocenters. The molecule has 0 fully saturated rings. The van der Waals surface area contributed by atoms with E-state index in [9.17, 15) is 0 Å². The molecule has 354 valence electrons. The van der Waals surface area contributed by atoms with E-state index in [0.717, 1.165) is 39.0 Å². The summed E-state index contributed by atoms with van der Waals surface area (Å²) in [4.78, 5) is 2.55. The Bertz CT molecular complexity index is 4320. The van der Waals surface area contributed by atoms with Crippen molar-refractivity contribution >= 4 is 39.0 Å². The second-order valence-corrected chi connectivity index (χ2v) is 20.6. The van der Waals surface area contributed by atoms with Crippen molar-refractivity contribution in [1.29, 1.82) is 0 Å². The summed E-state index contributed by atoms with van der Waals surface area (Å²) in [7, 11) is 0. The number of anilines is 3. The minimum absolute atomic E-state index is 0.512. The highest BCUT2D eigenvalue weighted by Gasteiger charge is 2.53. The quantitative estimate of drug-likeness (QED) is 0.158. The largest absolute Gasteiger partial charge is 0.456 e. The Morgan fingerprint density at radius 1 is 0.263 bits per heavy atom. The summed E-state index contributed by atoms with van der Waals surface area (Å²) in [6.45, 7) is 0. The van der Waals surface area contributed by atoms with Crippen LogP contribution in [0.5, 0.6) is 0 Å². The van der Waals surface area contributed by atoms with E-state index in [2.05, 4.69) is 290 Å². The number of hydrogen-bond acceptors (Lipinski definition) is 2. The summed E-state index contributed by atoms with van der Waals surface area (Å²) < 4.78 is 6.77. The number of para-hydroxylation sites is 1. The first-order valence-electron chi connectivity index (χ1n) is 26.4. The number of fused-ring (bicyclic) bond motifs is 16. The number of rotatable bonds is 7. The monoisotopic (exact) mass is 965 g/mol. The average Bonchev–Trinajstić information content (AvgIpc) is 4.23. The Labute approximate surface area is 442 Å². The van der Waals surface area contributed by atoms with E-state index in [1.54, 1.807) is 0 Å². The van der Waals surface area contributed by atoms with Crippen molar-refractivity contribution in [3.8, 4) is 55.6 Å². The molecule has 0 radical (unpaired) electrons. The Balaban J connectivity index is 0.993. The first-order valence-corrected chi connectivity index (χ1v) is 26.4. The fourth-order valence-electron chi connectivity index (χ4n) is 13.9. The van der Waals surface area contributed by atoms with Crippen LogP contribution in [-0.2, 0) is 10.8 Å². The smallest absolute Gasteiger partial charge is 0.137 e. The van der Waals surface area contributed by atoms with Gasteiger partial charge < -0.3 is 9.32 Å². The van der Waals surface area contributed by atoms with Crippen LogP contribution in [0.25, 0.3) is 77.6 Å². The van der Waals surface area contributed by atoms with Gasteiger partial charge in [0.2, 0.25) is 0 Å². The maximum atomic E-state index is 6.77. The molecule has 0 N–H and O–H groups in total. The second-order valence-electron chi connectivity index (χ2n) is 20.6. The first-order chi connectivity index (χ1) is 37.7. The first kappa shape index (κ1) is 42.7. The fourth-order valence-corrected chi connectivity index (χ4v) is 13.9. The molecule has 0 saturated carbocycles. The molecule has 1 aromatic heterocycles. The summed E-state index contributed by atoms with van der Waals surface area (Å²) in [6, 6.07) is 106. The Hall–Kier alpha value is -9.76. The van der Waals surface area contributed by atoms with E-state index in [4.69, 9.17) is 4.42 Å². The Kier molecular flexibility index (Phi) is 9.20. The molecule has 0 bridgehead atoms. The topological polar surface area (TPSA) is 16.4 Å². The van der Waals surface area contributed by atoms with Crippen LogP contribution in [0.4, 0.5) is 17.1 Å². The molecule has 0 aliphatic heterocycles. The van der Waals surface area contributed by atoms with Crippen LogP contribution in [0.2, 0.25) is 0 Å². The molecule has 2 heteroatoms. The van der Waals surface area contributed by atoms with Crippen molar-refractivity contribution in [2.75, 3.05) is 4.90 Å². The van der Waals surface area contributed by atoms with Gasteiger partial charge in [-0.2, -0.15) is 0 Å². The Morgan fingerprint density at radius 3 is 1.20 bits per heavy atom. The van der Waals surface area contributed by atoms with Crippen LogP contribution >= 0.6 is 0 Å². The van der Waals surface area contributed by atoms with Crippen LogP contribution in [-0.4, -0.2) is 0 Å². The third-order valence-corrected chi connectivity index (χ3v) is 17.0. The molecule has 2 nitrogen and oxygen atoms in total. The van der Waals surface area contributed by atoms with Crippen LogP contribution in [0.15, 0.2) is 290 Å². The van der Waals surface area contributed by atoms with Crippen molar-refractivity contribution in [3.63, 3.8) is 0 Å². The summed E-state index contributed by atoms with van der Waals surface area (Å²) in [5, 5.41) is 2.21. The predicted molar refractivity (Wildman–Crippen MR) is 313 cm³/mol. The van der Waals surface area contributed by atoms with E-state index in [1.807, 2.05) is 0 Å². The van der Waals surface area contributed by atoms with Crippen molar-refractivity contribution in [2.45, 2.75) is 10.8 Å². The molecular formula is C74H47NO. The highest BCUT2D eigenvalue weighted by molar-refractivity contribution is 6.08. The lowest BCUT2D eigenvalue weighted by Gasteiger charge is -2.35. The summed E-state index contributed by atoms with van der Waals surface area (Å²) >= 11 is 0. The van der Waals surface area contributed by atoms with Crippen molar-refractivity contribution in [3.05, 3.63) is 330 Å². The van der Waals surface area contributed by atoms with Gasteiger partial charge in [0.25, 0.3) is 0 Å². The highest BCUT2D eigenvalue weighted by Crippen LogP contribution is 2.66. The van der Waals surface area contributed by atoms with Crippen LogP contribution in [0, 0.1) is 0 Å². The minimum Gasteiger partial charge on any atom is -0.456 e. The molecule has 12 aromatic carbocycles. The molecule has 0 saturated heterocycles. The zero-order valence-electron chi connectivity index (χ0n) is 41.5. The summed E-state index contributed by atoms with van der Waals surface area (Å²) in [6.07, 6.45) is 0. The van der Waals surface area contributed by atoms with Gasteiger partial charge >= 0.3 is 0 Å². The SMILES string of the molecule is c1ccc(-c2ccc(C3(c4ccc(-c5ccccc5)cc4)c4ccccc4-c4c(N(c5ccc6c(c5)oc5ccccc56)c5cccc6c5-c5ccccc5C65c6ccccc6-c6ccccc65)cccc43)cc2)cc1. The van der Waals surface area contributed by atoms with Gasteiger partial charge in [-0.15, -0.1) is 0 Å². The number of hydrogen-bond donors (Lipinski definition) is 0. The average molecular weight is 966 g/mol. The number of benzene rings is 12. The molecule has 13 aromatic rings. The standard InChI is InChI=1S/C74H47NO/c1-3-19-48(20-4-1)50-37-41-52(42-38-50)73(53-43-39-51(40-44-53)49-21-5-2-6-22-49)63-30-14-9-26-59(63)71-65(73)32-17-34-67(71)75(54-45-46-58-57-25-11-16-36-69(57)76-70(58)47-54)68-35-18-33-66-72(68)60-27-10-15-31-64(60)74(66)61-28-12-7-23-55(61)56-24-8-13-29-62(56)74/h1-47H. The molecule has 1 heterocycles. The van der Waals surface area contributed by atoms with Crippen LogP contribution in [0.3, 0.4) is 0 Å². The number of furan rings is 1. The van der Waals surface area contributed by atoms with Gasteiger partial charge in [-0.3, -0.25) is 0 Å². The molecule has 3 aliphatic carbocycles. The van der Waals surface area contributed by atoms with Gasteiger partial charge in [-0.25, -0.2) is 0 Å². The summed E-state index contributed by atoms with van der Waals surface area (Å²) in [5.41, 5.74) is 26.2. The lowest BCUT2D eigenvalue weighted by Crippen LogP contribution is -2.28. The molecule has 3 aliphatic rings. The van der Waals surface area contributed by atoms with Gasteiger partial charge in [0, 0.05) is 33.7 Å². The zero-order valence-corrected chi connectivity index (χ0v) is 41.5. The minimum atomic E-state index is -0.673. The van der Waals surface area contributed by atoms with E-state index in [-0.39, 0.29) is 0 Å². The zero-order chi connectivity index (χ0) is 50.0. The van der Waals surface area contributed by atoms with Crippen LogP contribution in [0.1, 0.15) is 44.5 Å². The fraction of sp³-hybridized carbons (Fsp3) is 0.0270. The van der Waals surface area contributed by atoms with E-state index >= 15 is 0 Å². The third kappa shape index (κ3) is 5.81. The normalized spacial score (nSPS) is 13.7. The summed E-state index contributed by atoms with van der Waals surface area (Å²) in [5.74, 6) is 0. The molecule has 76 heavy (non-hydrogen) atoms. The van der Waals surface area contributed by atoms with Gasteiger partial charge in [0.1, 0.15) is 11.2 Å². The molecule has 0 amide bonds. The van der Waals surface area contributed by atoms with Crippen molar-refractivity contribution in [1.82, 2.24) is 0 Å². The maximum Gasteiger partial charge on any atom is 0.137 e. The van der Waals surface area contributed by atoms with Gasteiger partial charge in [0.05, 0.1) is 22.2 Å². The van der Waals surface area contributed by atoms with Crippen molar-refractivity contribution < 1.29 is 4.42 Å². The van der Waals surface area contributed by atoms with E-state index in [1.165, 1.54) is 100 Å². The Morgan fingerprint density at radius 2 is 0.658 bits per heavy atom. The molecule has 1 spiro atoms. The highest BCUT2D eigenvalue weighted by atomic mass is 16.3. The van der Waals surface area contributed by atoms with Gasteiger partial charge in [-0.05, 0) is 119 Å². The van der Waals surface area contributed by atoms with E-state index in [0.29, 0.717) is 0 Å². The molecule has 16 rings (SSSR count). The van der Waals surface area contributed by atoms with Gasteiger partial charge in [0.15, 0.2) is 0 Å². The second kappa shape index (κ2) is 16.4. The molecule has 0 unspecified atom stereocenters. The predicted octanol–water partition coefficient (Wildman–Crippen LogP) is 19.1. The maximum absolute atomic E-state index is 6.77. The molecular weight excluding hydrogens is 919 g/mol. The van der Waals surface area contributed by atoms with Crippen LogP contribution < -0.4 is 4.90 Å². The lowest BCUT2D eigenvalue weighted by molar-refractivity contribution is 0.669. The number of nitrogens with zero attached hydrogens (tertiary/aromatic N) is 1.